The molecule has 20 heavy (non-hydrogen) atoms. The van der Waals surface area contributed by atoms with Crippen LogP contribution in [0.4, 0.5) is 5.69 Å². The van der Waals surface area contributed by atoms with Crippen LogP contribution in [0.2, 0.25) is 0 Å². The molecular weight excluding hydrogens is 246 g/mol. The average molecular weight is 271 g/mol. The Kier molecular flexibility index (Phi) is 4.29. The van der Waals surface area contributed by atoms with Gasteiger partial charge in [-0.2, -0.15) is 0 Å². The first-order valence-corrected chi connectivity index (χ1v) is 7.25. The summed E-state index contributed by atoms with van der Waals surface area (Å²) in [6, 6.07) is 10.8. The minimum atomic E-state index is 0.0962. The predicted molar refractivity (Wildman–Crippen MR) is 87.1 cm³/mol. The van der Waals surface area contributed by atoms with E-state index in [4.69, 9.17) is 4.98 Å². The van der Waals surface area contributed by atoms with Crippen molar-refractivity contribution in [2.75, 3.05) is 5.32 Å². The van der Waals surface area contributed by atoms with Crippen molar-refractivity contribution in [1.29, 1.82) is 0 Å². The van der Waals surface area contributed by atoms with Gasteiger partial charge in [-0.3, -0.25) is 4.98 Å². The number of fused-ring (bicyclic) bond motifs is 1. The molecule has 1 aromatic carbocycles. The van der Waals surface area contributed by atoms with Crippen LogP contribution in [0.15, 0.2) is 30.3 Å². The number of anilines is 1. The van der Waals surface area contributed by atoms with Crippen molar-refractivity contribution in [3.05, 3.63) is 36.0 Å². The van der Waals surface area contributed by atoms with Crippen LogP contribution in [-0.4, -0.2) is 16.6 Å². The Balaban J connectivity index is 2.36. The first kappa shape index (κ1) is 14.8. The molecule has 1 heterocycles. The van der Waals surface area contributed by atoms with Crippen LogP contribution in [0.3, 0.4) is 0 Å². The summed E-state index contributed by atoms with van der Waals surface area (Å²) in [7, 11) is 0. The summed E-state index contributed by atoms with van der Waals surface area (Å²) < 4.78 is 0. The van der Waals surface area contributed by atoms with Gasteiger partial charge in [-0.05, 0) is 46.8 Å². The van der Waals surface area contributed by atoms with Gasteiger partial charge in [0.1, 0.15) is 0 Å². The second-order valence-electron chi connectivity index (χ2n) is 6.58. The highest BCUT2D eigenvalue weighted by Gasteiger charge is 2.11. The molecule has 0 spiro atoms. The van der Waals surface area contributed by atoms with Gasteiger partial charge in [0.15, 0.2) is 0 Å². The molecule has 0 amide bonds. The third kappa shape index (κ3) is 3.94. The Morgan fingerprint density at radius 3 is 2.50 bits per heavy atom. The fourth-order valence-electron chi connectivity index (χ4n) is 2.11. The summed E-state index contributed by atoms with van der Waals surface area (Å²) in [4.78, 5) is 4.74. The number of para-hydroxylation sites is 1. The lowest BCUT2D eigenvalue weighted by Crippen LogP contribution is -2.35. The van der Waals surface area contributed by atoms with Gasteiger partial charge >= 0.3 is 0 Å². The zero-order valence-electron chi connectivity index (χ0n) is 13.1. The number of nitrogens with zero attached hydrogens (tertiary/aromatic N) is 1. The minimum Gasteiger partial charge on any atom is -0.382 e. The van der Waals surface area contributed by atoms with E-state index in [0.29, 0.717) is 6.04 Å². The molecule has 0 aliphatic carbocycles. The summed E-state index contributed by atoms with van der Waals surface area (Å²) in [6.45, 7) is 11.6. The number of nitrogens with one attached hydrogen (secondary N) is 2. The molecule has 0 radical (unpaired) electrons. The highest BCUT2D eigenvalue weighted by atomic mass is 15.0. The Bertz CT molecular complexity index is 582. The molecule has 0 aliphatic heterocycles. The van der Waals surface area contributed by atoms with E-state index in [1.807, 2.05) is 6.07 Å². The van der Waals surface area contributed by atoms with Crippen LogP contribution in [0.25, 0.3) is 10.9 Å². The number of rotatable bonds is 4. The van der Waals surface area contributed by atoms with Gasteiger partial charge in [-0.1, -0.05) is 18.2 Å². The van der Waals surface area contributed by atoms with Crippen LogP contribution in [0.5, 0.6) is 0 Å². The molecular formula is C17H25N3. The smallest absolute Gasteiger partial charge is 0.0726 e. The largest absolute Gasteiger partial charge is 0.382 e. The van der Waals surface area contributed by atoms with E-state index in [9.17, 15) is 0 Å². The van der Waals surface area contributed by atoms with Crippen molar-refractivity contribution < 1.29 is 0 Å². The Labute approximate surface area is 121 Å². The first-order chi connectivity index (χ1) is 9.35. The average Bonchev–Trinajstić information content (AvgIpc) is 2.35. The highest BCUT2D eigenvalue weighted by Crippen LogP contribution is 2.24. The van der Waals surface area contributed by atoms with Gasteiger partial charge in [0.25, 0.3) is 0 Å². The van der Waals surface area contributed by atoms with Crippen LogP contribution in [-0.2, 0) is 6.54 Å². The molecule has 0 saturated carbocycles. The first-order valence-electron chi connectivity index (χ1n) is 7.25. The van der Waals surface area contributed by atoms with Gasteiger partial charge in [0.05, 0.1) is 11.2 Å². The minimum absolute atomic E-state index is 0.0962. The number of aromatic nitrogens is 1. The SMILES string of the molecule is CC(C)Nc1cc(CNC(C)(C)C)nc2ccccc12. The third-order valence-electron chi connectivity index (χ3n) is 3.01. The Morgan fingerprint density at radius 2 is 1.85 bits per heavy atom. The van der Waals surface area contributed by atoms with Crippen molar-refractivity contribution in [2.45, 2.75) is 52.7 Å². The van der Waals surface area contributed by atoms with E-state index >= 15 is 0 Å². The molecule has 0 atom stereocenters. The van der Waals surface area contributed by atoms with Crippen LogP contribution in [0.1, 0.15) is 40.3 Å². The van der Waals surface area contributed by atoms with Crippen molar-refractivity contribution >= 4 is 16.6 Å². The van der Waals surface area contributed by atoms with Crippen LogP contribution < -0.4 is 10.6 Å². The zero-order chi connectivity index (χ0) is 14.8. The lowest BCUT2D eigenvalue weighted by molar-refractivity contribution is 0.421. The number of hydrogen-bond acceptors (Lipinski definition) is 3. The third-order valence-corrected chi connectivity index (χ3v) is 3.01. The van der Waals surface area contributed by atoms with Crippen molar-refractivity contribution in [2.24, 2.45) is 0 Å². The fraction of sp³-hybridized carbons (Fsp3) is 0.471. The molecule has 1 aromatic heterocycles. The monoisotopic (exact) mass is 271 g/mol. The zero-order valence-corrected chi connectivity index (χ0v) is 13.1. The molecule has 2 aromatic rings. The van der Waals surface area contributed by atoms with Crippen molar-refractivity contribution in [3.8, 4) is 0 Å². The van der Waals surface area contributed by atoms with E-state index in [1.54, 1.807) is 0 Å². The van der Waals surface area contributed by atoms with Gasteiger partial charge in [0, 0.05) is 29.2 Å². The van der Waals surface area contributed by atoms with Gasteiger partial charge in [-0.15, -0.1) is 0 Å². The standard InChI is InChI=1S/C17H25N3/c1-12(2)19-16-10-13(11-18-17(3,4)5)20-15-9-7-6-8-14(15)16/h6-10,12,18H,11H2,1-5H3,(H,19,20). The summed E-state index contributed by atoms with van der Waals surface area (Å²) in [5.41, 5.74) is 3.38. The molecule has 2 N–H and O–H groups in total. The van der Waals surface area contributed by atoms with Crippen molar-refractivity contribution in [3.63, 3.8) is 0 Å². The second kappa shape index (κ2) is 5.80. The summed E-state index contributed by atoms with van der Waals surface area (Å²) in [6.07, 6.45) is 0. The Morgan fingerprint density at radius 1 is 1.15 bits per heavy atom. The maximum atomic E-state index is 4.74. The summed E-state index contributed by atoms with van der Waals surface area (Å²) in [5, 5.41) is 8.19. The number of pyridine rings is 1. The summed E-state index contributed by atoms with van der Waals surface area (Å²) in [5.74, 6) is 0. The molecule has 0 bridgehead atoms. The molecule has 0 fully saturated rings. The summed E-state index contributed by atoms with van der Waals surface area (Å²) >= 11 is 0. The lowest BCUT2D eigenvalue weighted by atomic mass is 10.1. The van der Waals surface area contributed by atoms with E-state index in [2.05, 4.69) is 69.5 Å². The topological polar surface area (TPSA) is 37.0 Å². The quantitative estimate of drug-likeness (QED) is 0.884. The van der Waals surface area contributed by atoms with Gasteiger partial charge in [0.2, 0.25) is 0 Å². The molecule has 3 nitrogen and oxygen atoms in total. The predicted octanol–water partition coefficient (Wildman–Crippen LogP) is 3.94. The van der Waals surface area contributed by atoms with Crippen molar-refractivity contribution in [1.82, 2.24) is 10.3 Å². The molecule has 0 saturated heterocycles. The van der Waals surface area contributed by atoms with Gasteiger partial charge < -0.3 is 10.6 Å². The van der Waals surface area contributed by atoms with Crippen LogP contribution >= 0.6 is 0 Å². The molecule has 108 valence electrons. The molecule has 3 heteroatoms. The van der Waals surface area contributed by atoms with Crippen LogP contribution in [0, 0.1) is 0 Å². The fourth-order valence-corrected chi connectivity index (χ4v) is 2.11. The number of benzene rings is 1. The molecule has 2 rings (SSSR count). The van der Waals surface area contributed by atoms with E-state index in [0.717, 1.165) is 23.4 Å². The normalized spacial score (nSPS) is 12.1. The molecule has 0 unspecified atom stereocenters. The molecule has 0 aliphatic rings. The maximum Gasteiger partial charge on any atom is 0.0726 e. The Hall–Kier alpha value is -1.61. The van der Waals surface area contributed by atoms with E-state index in [-0.39, 0.29) is 5.54 Å². The number of hydrogen-bond donors (Lipinski definition) is 2. The van der Waals surface area contributed by atoms with E-state index in [1.165, 1.54) is 5.39 Å². The maximum absolute atomic E-state index is 4.74. The second-order valence-corrected chi connectivity index (χ2v) is 6.58. The highest BCUT2D eigenvalue weighted by molar-refractivity contribution is 5.91. The van der Waals surface area contributed by atoms with E-state index < -0.39 is 0 Å². The van der Waals surface area contributed by atoms with Gasteiger partial charge in [-0.25, -0.2) is 0 Å². The lowest BCUT2D eigenvalue weighted by Gasteiger charge is -2.21.